The minimum Gasteiger partial charge on any atom is -0.278 e. The molecule has 0 aliphatic carbocycles. The summed E-state index contributed by atoms with van der Waals surface area (Å²) < 4.78 is 0.990. The molecule has 0 bridgehead atoms. The average Bonchev–Trinajstić information content (AvgIpc) is 2.24. The maximum absolute atomic E-state index is 12.0. The topological polar surface area (TPSA) is 37.4 Å². The van der Waals surface area contributed by atoms with Crippen molar-refractivity contribution in [1.29, 1.82) is 0 Å². The van der Waals surface area contributed by atoms with Gasteiger partial charge in [0.1, 0.15) is 0 Å². The summed E-state index contributed by atoms with van der Waals surface area (Å²) in [4.78, 5) is 25.3. The highest BCUT2D eigenvalue weighted by Gasteiger charge is 2.37. The van der Waals surface area contributed by atoms with Gasteiger partial charge in [-0.2, -0.15) is 0 Å². The highest BCUT2D eigenvalue weighted by atomic mass is 79.9. The number of likely N-dealkylation sites (tertiary alicyclic amines) is 1. The lowest BCUT2D eigenvalue weighted by Crippen LogP contribution is -2.45. The number of rotatable bonds is 2. The molecule has 1 aromatic rings. The van der Waals surface area contributed by atoms with Crippen LogP contribution in [0.4, 0.5) is 0 Å². The van der Waals surface area contributed by atoms with Crippen LogP contribution in [0.15, 0.2) is 28.7 Å². The fraction of sp³-hybridized carbons (Fsp3) is 0.429. The number of hydrogen-bond acceptors (Lipinski definition) is 2. The Labute approximate surface area is 115 Å². The molecular weight excluding hydrogens is 294 g/mol. The van der Waals surface area contributed by atoms with Crippen molar-refractivity contribution in [2.75, 3.05) is 0 Å². The monoisotopic (exact) mass is 309 g/mol. The van der Waals surface area contributed by atoms with Gasteiger partial charge >= 0.3 is 0 Å². The number of amides is 2. The summed E-state index contributed by atoms with van der Waals surface area (Å²) in [5.74, 6) is -0.140. The van der Waals surface area contributed by atoms with Gasteiger partial charge in [0.25, 0.3) is 0 Å². The second-order valence-electron chi connectivity index (χ2n) is 5.52. The number of benzene rings is 1. The Bertz CT molecular complexity index is 459. The molecule has 1 aliphatic heterocycles. The van der Waals surface area contributed by atoms with Crippen LogP contribution in [0.1, 0.15) is 32.3 Å². The van der Waals surface area contributed by atoms with Gasteiger partial charge in [-0.1, -0.05) is 41.9 Å². The molecule has 1 aliphatic rings. The molecular formula is C14H16BrNO2. The minimum absolute atomic E-state index is 0.0702. The van der Waals surface area contributed by atoms with E-state index in [4.69, 9.17) is 0 Å². The van der Waals surface area contributed by atoms with Crippen LogP contribution in [-0.4, -0.2) is 16.7 Å². The van der Waals surface area contributed by atoms with E-state index in [0.29, 0.717) is 19.4 Å². The summed E-state index contributed by atoms with van der Waals surface area (Å²) in [6.07, 6.45) is 0.880. The van der Waals surface area contributed by atoms with Crippen LogP contribution in [0.25, 0.3) is 0 Å². The van der Waals surface area contributed by atoms with Crippen LogP contribution >= 0.6 is 15.9 Å². The first-order valence-electron chi connectivity index (χ1n) is 5.95. The van der Waals surface area contributed by atoms with Gasteiger partial charge in [0, 0.05) is 17.3 Å². The Balaban J connectivity index is 2.12. The van der Waals surface area contributed by atoms with Gasteiger partial charge in [0.15, 0.2) is 0 Å². The van der Waals surface area contributed by atoms with Crippen LogP contribution in [0.5, 0.6) is 0 Å². The van der Waals surface area contributed by atoms with Crippen molar-refractivity contribution < 1.29 is 9.59 Å². The lowest BCUT2D eigenvalue weighted by molar-refractivity contribution is -0.153. The van der Waals surface area contributed by atoms with Crippen molar-refractivity contribution in [2.24, 2.45) is 5.41 Å². The standard InChI is InChI=1S/C14H16BrNO2/c1-14(2)7-12(17)16(13(18)8-14)9-10-3-5-11(15)6-4-10/h3-6H,7-9H2,1-2H3. The molecule has 1 heterocycles. The van der Waals surface area contributed by atoms with Crippen molar-refractivity contribution in [1.82, 2.24) is 4.90 Å². The van der Waals surface area contributed by atoms with Crippen molar-refractivity contribution in [3.63, 3.8) is 0 Å². The molecule has 96 valence electrons. The molecule has 0 spiro atoms. The van der Waals surface area contributed by atoms with Gasteiger partial charge in [-0.05, 0) is 23.1 Å². The number of piperidine rings is 1. The van der Waals surface area contributed by atoms with E-state index < -0.39 is 0 Å². The summed E-state index contributed by atoms with van der Waals surface area (Å²) in [6, 6.07) is 7.67. The van der Waals surface area contributed by atoms with E-state index in [1.807, 2.05) is 38.1 Å². The molecule has 4 heteroatoms. The first-order valence-corrected chi connectivity index (χ1v) is 6.74. The Kier molecular flexibility index (Phi) is 3.57. The Morgan fingerprint density at radius 2 is 1.61 bits per heavy atom. The van der Waals surface area contributed by atoms with Gasteiger partial charge in [-0.15, -0.1) is 0 Å². The minimum atomic E-state index is -0.204. The third-order valence-corrected chi connectivity index (χ3v) is 3.64. The summed E-state index contributed by atoms with van der Waals surface area (Å²) in [5.41, 5.74) is 0.768. The number of imide groups is 1. The zero-order valence-electron chi connectivity index (χ0n) is 10.6. The molecule has 1 aromatic carbocycles. The molecule has 0 radical (unpaired) electrons. The summed E-state index contributed by atoms with van der Waals surface area (Å²) in [5, 5.41) is 0. The highest BCUT2D eigenvalue weighted by Crippen LogP contribution is 2.32. The van der Waals surface area contributed by atoms with Crippen molar-refractivity contribution in [3.8, 4) is 0 Å². The predicted molar refractivity (Wildman–Crippen MR) is 72.7 cm³/mol. The van der Waals surface area contributed by atoms with Crippen LogP contribution in [0.3, 0.4) is 0 Å². The van der Waals surface area contributed by atoms with Gasteiger partial charge in [-0.25, -0.2) is 0 Å². The molecule has 0 aromatic heterocycles. The fourth-order valence-corrected chi connectivity index (χ4v) is 2.42. The maximum atomic E-state index is 12.0. The average molecular weight is 310 g/mol. The molecule has 0 atom stereocenters. The normalized spacial score (nSPS) is 19.2. The molecule has 1 saturated heterocycles. The fourth-order valence-electron chi connectivity index (χ4n) is 2.16. The van der Waals surface area contributed by atoms with Gasteiger partial charge < -0.3 is 0 Å². The molecule has 1 fully saturated rings. The molecule has 0 saturated carbocycles. The van der Waals surface area contributed by atoms with Gasteiger partial charge in [0.2, 0.25) is 11.8 Å². The van der Waals surface area contributed by atoms with Crippen LogP contribution < -0.4 is 0 Å². The van der Waals surface area contributed by atoms with E-state index in [2.05, 4.69) is 15.9 Å². The third-order valence-electron chi connectivity index (χ3n) is 3.12. The Morgan fingerprint density at radius 1 is 1.11 bits per heavy atom. The van der Waals surface area contributed by atoms with E-state index in [1.165, 1.54) is 4.90 Å². The highest BCUT2D eigenvalue weighted by molar-refractivity contribution is 9.10. The number of carbonyl (C=O) groups is 2. The SMILES string of the molecule is CC1(C)CC(=O)N(Cc2ccc(Br)cc2)C(=O)C1. The number of halogens is 1. The van der Waals surface area contributed by atoms with Gasteiger partial charge in [-0.3, -0.25) is 14.5 Å². The quantitative estimate of drug-likeness (QED) is 0.787. The summed E-state index contributed by atoms with van der Waals surface area (Å²) in [7, 11) is 0. The van der Waals surface area contributed by atoms with Crippen molar-refractivity contribution in [2.45, 2.75) is 33.2 Å². The lowest BCUT2D eigenvalue weighted by atomic mass is 9.81. The Hall–Kier alpha value is -1.16. The van der Waals surface area contributed by atoms with Crippen LogP contribution in [-0.2, 0) is 16.1 Å². The smallest absolute Gasteiger partial charge is 0.230 e. The number of hydrogen-bond donors (Lipinski definition) is 0. The Morgan fingerprint density at radius 3 is 2.11 bits per heavy atom. The maximum Gasteiger partial charge on any atom is 0.230 e. The summed E-state index contributed by atoms with van der Waals surface area (Å²) in [6.45, 7) is 4.29. The molecule has 18 heavy (non-hydrogen) atoms. The van der Waals surface area contributed by atoms with E-state index >= 15 is 0 Å². The van der Waals surface area contributed by atoms with E-state index in [9.17, 15) is 9.59 Å². The first kappa shape index (κ1) is 13.3. The van der Waals surface area contributed by atoms with Crippen LogP contribution in [0.2, 0.25) is 0 Å². The van der Waals surface area contributed by atoms with Crippen LogP contribution in [0, 0.1) is 5.41 Å². The molecule has 2 rings (SSSR count). The molecule has 3 nitrogen and oxygen atoms in total. The lowest BCUT2D eigenvalue weighted by Gasteiger charge is -2.34. The van der Waals surface area contributed by atoms with Crippen molar-refractivity contribution in [3.05, 3.63) is 34.3 Å². The zero-order valence-corrected chi connectivity index (χ0v) is 12.2. The summed E-state index contributed by atoms with van der Waals surface area (Å²) >= 11 is 3.36. The number of carbonyl (C=O) groups excluding carboxylic acids is 2. The van der Waals surface area contributed by atoms with Gasteiger partial charge in [0.05, 0.1) is 6.54 Å². The third kappa shape index (κ3) is 2.99. The largest absolute Gasteiger partial charge is 0.278 e. The zero-order chi connectivity index (χ0) is 13.3. The first-order chi connectivity index (χ1) is 8.37. The van der Waals surface area contributed by atoms with E-state index in [0.717, 1.165) is 10.0 Å². The molecule has 0 unspecified atom stereocenters. The molecule has 0 N–H and O–H groups in total. The van der Waals surface area contributed by atoms with E-state index in [1.54, 1.807) is 0 Å². The second-order valence-corrected chi connectivity index (χ2v) is 6.43. The molecule has 2 amide bonds. The van der Waals surface area contributed by atoms with Crippen molar-refractivity contribution >= 4 is 27.7 Å². The van der Waals surface area contributed by atoms with E-state index in [-0.39, 0.29) is 17.2 Å². The number of nitrogens with zero attached hydrogens (tertiary/aromatic N) is 1. The second kappa shape index (κ2) is 4.84. The predicted octanol–water partition coefficient (Wildman–Crippen LogP) is 3.12.